The van der Waals surface area contributed by atoms with Crippen molar-refractivity contribution in [2.24, 2.45) is 0 Å². The molecule has 1 N–H and O–H groups in total. The number of nitro benzene ring substituents is 1. The molecule has 0 bridgehead atoms. The number of nitrogens with one attached hydrogen (secondary N) is 1. The van der Waals surface area contributed by atoms with Gasteiger partial charge in [-0.1, -0.05) is 11.6 Å². The van der Waals surface area contributed by atoms with Crippen molar-refractivity contribution in [2.45, 2.75) is 32.4 Å². The van der Waals surface area contributed by atoms with Crippen LogP contribution < -0.4 is 5.32 Å². The number of rotatable bonds is 3. The number of carbonyl (C=O) groups is 3. The Kier molecular flexibility index (Phi) is 6.77. The second-order valence-corrected chi connectivity index (χ2v) is 9.14. The molecular formula is C20H26ClN5O6. The molecule has 32 heavy (non-hydrogen) atoms. The van der Waals surface area contributed by atoms with E-state index in [0.29, 0.717) is 39.3 Å². The Morgan fingerprint density at radius 2 is 1.69 bits per heavy atom. The maximum atomic E-state index is 12.7. The summed E-state index contributed by atoms with van der Waals surface area (Å²) in [5.41, 5.74) is -0.567. The number of hydrogen-bond donors (Lipinski definition) is 1. The third-order valence-corrected chi connectivity index (χ3v) is 5.42. The standard InChI is InChI=1S/C20H26ClN5O6/c1-20(2,3)32-19(29)25-11-13(12-25)22-18(28)24-8-6-23(7-9-24)17(27)15-5-4-14(26(30)31)10-16(15)21/h4-5,10,13H,6-9,11-12H2,1-3H3,(H,22,28). The normalized spacial score (nSPS) is 16.9. The lowest BCUT2D eigenvalue weighted by atomic mass is 10.1. The van der Waals surface area contributed by atoms with Gasteiger partial charge in [0.05, 0.1) is 21.6 Å². The summed E-state index contributed by atoms with van der Waals surface area (Å²) >= 11 is 6.05. The zero-order chi connectivity index (χ0) is 23.6. The highest BCUT2D eigenvalue weighted by Crippen LogP contribution is 2.24. The van der Waals surface area contributed by atoms with Crippen LogP contribution in [-0.4, -0.2) is 88.6 Å². The zero-order valence-electron chi connectivity index (χ0n) is 18.2. The number of halogens is 1. The third-order valence-electron chi connectivity index (χ3n) is 5.11. The average molecular weight is 468 g/mol. The van der Waals surface area contributed by atoms with Crippen LogP contribution in [0.15, 0.2) is 18.2 Å². The lowest BCUT2D eigenvalue weighted by Gasteiger charge is -2.41. The van der Waals surface area contributed by atoms with Crippen LogP contribution in [-0.2, 0) is 4.74 Å². The van der Waals surface area contributed by atoms with Gasteiger partial charge in [0.25, 0.3) is 11.6 Å². The number of carbonyl (C=O) groups excluding carboxylic acids is 3. The fourth-order valence-electron chi connectivity index (χ4n) is 3.39. The molecule has 0 radical (unpaired) electrons. The van der Waals surface area contributed by atoms with Gasteiger partial charge in [0.15, 0.2) is 0 Å². The number of likely N-dealkylation sites (tertiary alicyclic amines) is 1. The molecule has 1 aromatic rings. The van der Waals surface area contributed by atoms with Crippen LogP contribution in [0.5, 0.6) is 0 Å². The molecule has 2 heterocycles. The molecule has 0 aromatic heterocycles. The summed E-state index contributed by atoms with van der Waals surface area (Å²) < 4.78 is 5.29. The number of nitrogens with zero attached hydrogens (tertiary/aromatic N) is 4. The van der Waals surface area contributed by atoms with Crippen LogP contribution in [0, 0.1) is 10.1 Å². The van der Waals surface area contributed by atoms with Crippen molar-refractivity contribution in [3.05, 3.63) is 38.9 Å². The van der Waals surface area contributed by atoms with Crippen molar-refractivity contribution in [3.8, 4) is 0 Å². The predicted octanol–water partition coefficient (Wildman–Crippen LogP) is 2.33. The molecule has 4 amide bonds. The minimum Gasteiger partial charge on any atom is -0.444 e. The highest BCUT2D eigenvalue weighted by Gasteiger charge is 2.36. The number of non-ortho nitro benzene ring substituents is 1. The fourth-order valence-corrected chi connectivity index (χ4v) is 3.64. The molecule has 0 saturated carbocycles. The van der Waals surface area contributed by atoms with E-state index in [2.05, 4.69) is 5.32 Å². The molecule has 0 unspecified atom stereocenters. The van der Waals surface area contributed by atoms with Crippen molar-refractivity contribution >= 4 is 35.3 Å². The molecular weight excluding hydrogens is 442 g/mol. The second kappa shape index (κ2) is 9.19. The van der Waals surface area contributed by atoms with Gasteiger partial charge in [0, 0.05) is 51.4 Å². The Morgan fingerprint density at radius 3 is 2.22 bits per heavy atom. The van der Waals surface area contributed by atoms with E-state index in [-0.39, 0.29) is 34.3 Å². The first-order valence-electron chi connectivity index (χ1n) is 10.2. The number of piperazine rings is 1. The van der Waals surface area contributed by atoms with Gasteiger partial charge in [-0.2, -0.15) is 0 Å². The molecule has 11 nitrogen and oxygen atoms in total. The van der Waals surface area contributed by atoms with Gasteiger partial charge in [-0.05, 0) is 26.8 Å². The Labute approximate surface area is 190 Å². The maximum Gasteiger partial charge on any atom is 0.410 e. The van der Waals surface area contributed by atoms with Crippen LogP contribution in [0.2, 0.25) is 5.02 Å². The number of nitro groups is 1. The van der Waals surface area contributed by atoms with Crippen molar-refractivity contribution in [3.63, 3.8) is 0 Å². The molecule has 3 rings (SSSR count). The SMILES string of the molecule is CC(C)(C)OC(=O)N1CC(NC(=O)N2CCN(C(=O)c3ccc([N+](=O)[O-])cc3Cl)CC2)C1. The molecule has 2 aliphatic rings. The summed E-state index contributed by atoms with van der Waals surface area (Å²) in [5.74, 6) is -0.336. The van der Waals surface area contributed by atoms with E-state index in [9.17, 15) is 24.5 Å². The smallest absolute Gasteiger partial charge is 0.410 e. The molecule has 0 atom stereocenters. The number of ether oxygens (including phenoxy) is 1. The minimum absolute atomic E-state index is 0.0175. The molecule has 0 aliphatic carbocycles. The van der Waals surface area contributed by atoms with Gasteiger partial charge < -0.3 is 24.8 Å². The van der Waals surface area contributed by atoms with Gasteiger partial charge in [-0.25, -0.2) is 9.59 Å². The quantitative estimate of drug-likeness (QED) is 0.537. The van der Waals surface area contributed by atoms with Crippen LogP contribution in [0.4, 0.5) is 15.3 Å². The highest BCUT2D eigenvalue weighted by atomic mass is 35.5. The lowest BCUT2D eigenvalue weighted by Crippen LogP contribution is -2.64. The van der Waals surface area contributed by atoms with Crippen molar-refractivity contribution in [1.29, 1.82) is 0 Å². The first-order valence-corrected chi connectivity index (χ1v) is 10.6. The lowest BCUT2D eigenvalue weighted by molar-refractivity contribution is -0.384. The summed E-state index contributed by atoms with van der Waals surface area (Å²) in [4.78, 5) is 52.1. The third kappa shape index (κ3) is 5.58. The first kappa shape index (κ1) is 23.6. The Bertz CT molecular complexity index is 920. The van der Waals surface area contributed by atoms with E-state index in [1.807, 2.05) is 0 Å². The zero-order valence-corrected chi connectivity index (χ0v) is 18.9. The monoisotopic (exact) mass is 467 g/mol. The molecule has 174 valence electrons. The van der Waals surface area contributed by atoms with Crippen LogP contribution >= 0.6 is 11.6 Å². The number of urea groups is 1. The van der Waals surface area contributed by atoms with Gasteiger partial charge in [-0.15, -0.1) is 0 Å². The van der Waals surface area contributed by atoms with Crippen molar-refractivity contribution in [1.82, 2.24) is 20.0 Å². The summed E-state index contributed by atoms with van der Waals surface area (Å²) in [6, 6.07) is 3.34. The van der Waals surface area contributed by atoms with E-state index < -0.39 is 16.6 Å². The Hall–Kier alpha value is -3.08. The number of amides is 4. The molecule has 2 saturated heterocycles. The molecule has 2 fully saturated rings. The predicted molar refractivity (Wildman–Crippen MR) is 116 cm³/mol. The molecule has 12 heteroatoms. The van der Waals surface area contributed by atoms with Crippen molar-refractivity contribution in [2.75, 3.05) is 39.3 Å². The number of hydrogen-bond acceptors (Lipinski definition) is 6. The van der Waals surface area contributed by atoms with Gasteiger partial charge in [0.2, 0.25) is 0 Å². The topological polar surface area (TPSA) is 125 Å². The molecule has 0 spiro atoms. The fraction of sp³-hybridized carbons (Fsp3) is 0.550. The summed E-state index contributed by atoms with van der Waals surface area (Å²) in [6.45, 7) is 7.46. The van der Waals surface area contributed by atoms with Crippen molar-refractivity contribution < 1.29 is 24.0 Å². The molecule has 1 aromatic carbocycles. The van der Waals surface area contributed by atoms with Gasteiger partial charge in [0.1, 0.15) is 5.60 Å². The summed E-state index contributed by atoms with van der Waals surface area (Å²) in [7, 11) is 0. The highest BCUT2D eigenvalue weighted by molar-refractivity contribution is 6.34. The van der Waals surface area contributed by atoms with Crippen LogP contribution in [0.3, 0.4) is 0 Å². The van der Waals surface area contributed by atoms with E-state index in [1.54, 1.807) is 30.6 Å². The first-order chi connectivity index (χ1) is 14.9. The largest absolute Gasteiger partial charge is 0.444 e. The van der Waals surface area contributed by atoms with Crippen LogP contribution in [0.25, 0.3) is 0 Å². The van der Waals surface area contributed by atoms with Crippen LogP contribution in [0.1, 0.15) is 31.1 Å². The van der Waals surface area contributed by atoms with Gasteiger partial charge >= 0.3 is 12.1 Å². The van der Waals surface area contributed by atoms with E-state index in [4.69, 9.17) is 16.3 Å². The minimum atomic E-state index is -0.577. The number of benzene rings is 1. The molecule has 2 aliphatic heterocycles. The maximum absolute atomic E-state index is 12.7. The Balaban J connectivity index is 1.45. The second-order valence-electron chi connectivity index (χ2n) is 8.73. The van der Waals surface area contributed by atoms with E-state index >= 15 is 0 Å². The summed E-state index contributed by atoms with van der Waals surface area (Å²) in [5, 5.41) is 13.7. The van der Waals surface area contributed by atoms with E-state index in [1.165, 1.54) is 17.0 Å². The van der Waals surface area contributed by atoms with Gasteiger partial charge in [-0.3, -0.25) is 14.9 Å². The summed E-state index contributed by atoms with van der Waals surface area (Å²) in [6.07, 6.45) is -0.403. The average Bonchev–Trinajstić information content (AvgIpc) is 2.68. The Morgan fingerprint density at radius 1 is 1.09 bits per heavy atom. The van der Waals surface area contributed by atoms with E-state index in [0.717, 1.165) is 6.07 Å².